The lowest BCUT2D eigenvalue weighted by Crippen LogP contribution is -2.09. The van der Waals surface area contributed by atoms with Crippen molar-refractivity contribution in [2.24, 2.45) is 0 Å². The first kappa shape index (κ1) is 12.3. The van der Waals surface area contributed by atoms with Crippen LogP contribution in [0.2, 0.25) is 0 Å². The molecule has 0 amide bonds. The highest BCUT2D eigenvalue weighted by Crippen LogP contribution is 2.41. The molecule has 1 N–H and O–H groups in total. The van der Waals surface area contributed by atoms with Gasteiger partial charge in [0.2, 0.25) is 0 Å². The lowest BCUT2D eigenvalue weighted by atomic mass is 9.90. The smallest absolute Gasteiger partial charge is 0.126 e. The number of aryl methyl sites for hydroxylation is 1. The van der Waals surface area contributed by atoms with Crippen molar-refractivity contribution in [2.75, 3.05) is 0 Å². The summed E-state index contributed by atoms with van der Waals surface area (Å²) in [5.41, 5.74) is 2.60. The van der Waals surface area contributed by atoms with E-state index in [-0.39, 0.29) is 5.92 Å². The lowest BCUT2D eigenvalue weighted by molar-refractivity contribution is 0.144. The van der Waals surface area contributed by atoms with Crippen molar-refractivity contribution < 1.29 is 13.9 Å². The fourth-order valence-electron chi connectivity index (χ4n) is 2.90. The third kappa shape index (κ3) is 2.26. The van der Waals surface area contributed by atoms with Gasteiger partial charge in [-0.1, -0.05) is 24.3 Å². The number of fused-ring (bicyclic) bond motifs is 1. The van der Waals surface area contributed by atoms with Gasteiger partial charge < -0.3 is 5.11 Å². The van der Waals surface area contributed by atoms with E-state index in [1.807, 2.05) is 24.3 Å². The van der Waals surface area contributed by atoms with Gasteiger partial charge in [-0.05, 0) is 41.7 Å². The number of rotatable bonds is 2. The molecular formula is C16H14F2O. The SMILES string of the molecule is OC(c1cc(F)cc(F)c1)C1CCc2ccccc21. The molecule has 2 unspecified atom stereocenters. The van der Waals surface area contributed by atoms with Crippen molar-refractivity contribution in [3.05, 3.63) is 70.8 Å². The Labute approximate surface area is 110 Å². The van der Waals surface area contributed by atoms with Crippen LogP contribution in [0.5, 0.6) is 0 Å². The van der Waals surface area contributed by atoms with Gasteiger partial charge in [-0.2, -0.15) is 0 Å². The second-order valence-electron chi connectivity index (χ2n) is 4.99. The maximum atomic E-state index is 13.2. The van der Waals surface area contributed by atoms with Gasteiger partial charge in [0.05, 0.1) is 6.10 Å². The van der Waals surface area contributed by atoms with Gasteiger partial charge in [-0.15, -0.1) is 0 Å². The molecule has 0 saturated carbocycles. The van der Waals surface area contributed by atoms with E-state index in [2.05, 4.69) is 0 Å². The van der Waals surface area contributed by atoms with Gasteiger partial charge in [0.25, 0.3) is 0 Å². The van der Waals surface area contributed by atoms with Crippen LogP contribution in [-0.4, -0.2) is 5.11 Å². The standard InChI is InChI=1S/C16H14F2O/c17-12-7-11(8-13(18)9-12)16(19)15-6-5-10-3-1-2-4-14(10)15/h1-4,7-9,15-16,19H,5-6H2. The van der Waals surface area contributed by atoms with Gasteiger partial charge in [-0.25, -0.2) is 8.78 Å². The molecule has 3 rings (SSSR count). The predicted molar refractivity (Wildman–Crippen MR) is 68.8 cm³/mol. The molecule has 2 aromatic carbocycles. The van der Waals surface area contributed by atoms with Crippen LogP contribution in [0.3, 0.4) is 0 Å². The van der Waals surface area contributed by atoms with Crippen molar-refractivity contribution in [3.63, 3.8) is 0 Å². The highest BCUT2D eigenvalue weighted by Gasteiger charge is 2.29. The zero-order valence-corrected chi connectivity index (χ0v) is 10.3. The molecule has 0 bridgehead atoms. The molecule has 0 aromatic heterocycles. The molecule has 98 valence electrons. The van der Waals surface area contributed by atoms with Crippen LogP contribution in [0.25, 0.3) is 0 Å². The Bertz CT molecular complexity index is 589. The van der Waals surface area contributed by atoms with E-state index in [4.69, 9.17) is 0 Å². The van der Waals surface area contributed by atoms with Crippen LogP contribution in [0.1, 0.15) is 35.1 Å². The molecule has 1 aliphatic carbocycles. The highest BCUT2D eigenvalue weighted by atomic mass is 19.1. The first-order valence-corrected chi connectivity index (χ1v) is 6.37. The van der Waals surface area contributed by atoms with Gasteiger partial charge in [0.15, 0.2) is 0 Å². The summed E-state index contributed by atoms with van der Waals surface area (Å²) in [5, 5.41) is 10.4. The Kier molecular flexibility index (Phi) is 3.07. The third-order valence-electron chi connectivity index (χ3n) is 3.79. The topological polar surface area (TPSA) is 20.2 Å². The van der Waals surface area contributed by atoms with Crippen molar-refractivity contribution in [2.45, 2.75) is 24.9 Å². The Morgan fingerprint density at radius 3 is 2.47 bits per heavy atom. The second kappa shape index (κ2) is 4.74. The van der Waals surface area contributed by atoms with Crippen molar-refractivity contribution >= 4 is 0 Å². The van der Waals surface area contributed by atoms with Crippen molar-refractivity contribution in [1.82, 2.24) is 0 Å². The minimum Gasteiger partial charge on any atom is -0.388 e. The van der Waals surface area contributed by atoms with Crippen LogP contribution >= 0.6 is 0 Å². The van der Waals surface area contributed by atoms with Gasteiger partial charge in [0.1, 0.15) is 11.6 Å². The first-order valence-electron chi connectivity index (χ1n) is 6.37. The van der Waals surface area contributed by atoms with Gasteiger partial charge >= 0.3 is 0 Å². The summed E-state index contributed by atoms with van der Waals surface area (Å²) in [6.45, 7) is 0. The molecule has 1 nitrogen and oxygen atoms in total. The normalized spacial score (nSPS) is 19.2. The Balaban J connectivity index is 1.95. The van der Waals surface area contributed by atoms with Crippen LogP contribution < -0.4 is 0 Å². The number of aliphatic hydroxyl groups is 1. The van der Waals surface area contributed by atoms with Crippen molar-refractivity contribution in [3.8, 4) is 0 Å². The summed E-state index contributed by atoms with van der Waals surface area (Å²) < 4.78 is 26.4. The average Bonchev–Trinajstić information content (AvgIpc) is 2.80. The van der Waals surface area contributed by atoms with E-state index in [1.165, 1.54) is 17.7 Å². The summed E-state index contributed by atoms with van der Waals surface area (Å²) in [6, 6.07) is 11.1. The maximum absolute atomic E-state index is 13.2. The Morgan fingerprint density at radius 1 is 1.05 bits per heavy atom. The molecule has 0 saturated heterocycles. The molecule has 3 heteroatoms. The van der Waals surface area contributed by atoms with E-state index in [9.17, 15) is 13.9 Å². The van der Waals surface area contributed by atoms with Crippen LogP contribution in [-0.2, 0) is 6.42 Å². The average molecular weight is 260 g/mol. The molecule has 0 fully saturated rings. The molecule has 2 aromatic rings. The summed E-state index contributed by atoms with van der Waals surface area (Å²) in [5.74, 6) is -1.39. The zero-order valence-electron chi connectivity index (χ0n) is 10.3. The summed E-state index contributed by atoms with van der Waals surface area (Å²) in [6.07, 6.45) is 0.836. The zero-order chi connectivity index (χ0) is 13.4. The van der Waals surface area contributed by atoms with Gasteiger partial charge in [-0.3, -0.25) is 0 Å². The van der Waals surface area contributed by atoms with E-state index < -0.39 is 17.7 Å². The highest BCUT2D eigenvalue weighted by molar-refractivity contribution is 5.37. The molecule has 0 radical (unpaired) electrons. The second-order valence-corrected chi connectivity index (χ2v) is 4.99. The molecule has 0 heterocycles. The first-order chi connectivity index (χ1) is 9.15. The minimum atomic E-state index is -0.867. The molecule has 0 spiro atoms. The molecule has 0 aliphatic heterocycles. The number of hydrogen-bond acceptors (Lipinski definition) is 1. The van der Waals surface area contributed by atoms with E-state index in [0.29, 0.717) is 5.56 Å². The van der Waals surface area contributed by atoms with E-state index in [0.717, 1.165) is 24.5 Å². The number of aliphatic hydroxyl groups excluding tert-OH is 1. The largest absolute Gasteiger partial charge is 0.388 e. The third-order valence-corrected chi connectivity index (χ3v) is 3.79. The van der Waals surface area contributed by atoms with E-state index >= 15 is 0 Å². The fourth-order valence-corrected chi connectivity index (χ4v) is 2.90. The monoisotopic (exact) mass is 260 g/mol. The van der Waals surface area contributed by atoms with Crippen molar-refractivity contribution in [1.29, 1.82) is 0 Å². The summed E-state index contributed by atoms with van der Waals surface area (Å²) in [4.78, 5) is 0. The summed E-state index contributed by atoms with van der Waals surface area (Å²) >= 11 is 0. The number of halogens is 2. The quantitative estimate of drug-likeness (QED) is 0.872. The van der Waals surface area contributed by atoms with Crippen LogP contribution in [0.15, 0.2) is 42.5 Å². The molecule has 2 atom stereocenters. The maximum Gasteiger partial charge on any atom is 0.126 e. The minimum absolute atomic E-state index is 0.0857. The van der Waals surface area contributed by atoms with Gasteiger partial charge in [0, 0.05) is 12.0 Å². The Hall–Kier alpha value is -1.74. The summed E-state index contributed by atoms with van der Waals surface area (Å²) in [7, 11) is 0. The Morgan fingerprint density at radius 2 is 1.74 bits per heavy atom. The molecule has 19 heavy (non-hydrogen) atoms. The van der Waals surface area contributed by atoms with Crippen LogP contribution in [0, 0.1) is 11.6 Å². The fraction of sp³-hybridized carbons (Fsp3) is 0.250. The molecule has 1 aliphatic rings. The predicted octanol–water partition coefficient (Wildman–Crippen LogP) is 3.73. The number of benzene rings is 2. The van der Waals surface area contributed by atoms with E-state index in [1.54, 1.807) is 0 Å². The molecular weight excluding hydrogens is 246 g/mol. The number of hydrogen-bond donors (Lipinski definition) is 1. The van der Waals surface area contributed by atoms with Crippen LogP contribution in [0.4, 0.5) is 8.78 Å². The lowest BCUT2D eigenvalue weighted by Gasteiger charge is -2.19.